The molecule has 0 atom stereocenters. The summed E-state index contributed by atoms with van der Waals surface area (Å²) < 4.78 is 16.6. The number of rotatable bonds is 4. The summed E-state index contributed by atoms with van der Waals surface area (Å²) in [6, 6.07) is 19.9. The summed E-state index contributed by atoms with van der Waals surface area (Å²) in [6.45, 7) is 2.72. The van der Waals surface area contributed by atoms with E-state index in [9.17, 15) is 5.26 Å². The predicted molar refractivity (Wildman–Crippen MR) is 101 cm³/mol. The number of hydrogen-bond donors (Lipinski definition) is 0. The van der Waals surface area contributed by atoms with Crippen LogP contribution in [-0.2, 0) is 0 Å². The quantitative estimate of drug-likeness (QED) is 0.492. The van der Waals surface area contributed by atoms with Crippen LogP contribution in [0.4, 0.5) is 0 Å². The van der Waals surface area contributed by atoms with Crippen molar-refractivity contribution < 1.29 is 14.2 Å². The van der Waals surface area contributed by atoms with Crippen LogP contribution in [0.3, 0.4) is 0 Å². The summed E-state index contributed by atoms with van der Waals surface area (Å²) >= 11 is 0. The standard InChI is InChI=1S/C22H17NO3/c1-2-24-20-9-7-15-5-3-4-6-18(15)19(20)11-17(13-23)16-8-10-21-22(12-16)26-14-25-21/h3-12H,2,14H2,1H3/b17-11+. The summed E-state index contributed by atoms with van der Waals surface area (Å²) in [6.07, 6.45) is 1.88. The number of nitrogens with zero attached hydrogens (tertiary/aromatic N) is 1. The van der Waals surface area contributed by atoms with Gasteiger partial charge in [-0.2, -0.15) is 5.26 Å². The Bertz CT molecular complexity index is 1050. The van der Waals surface area contributed by atoms with Gasteiger partial charge in [0, 0.05) is 5.56 Å². The van der Waals surface area contributed by atoms with Gasteiger partial charge in [0.05, 0.1) is 18.2 Å². The van der Waals surface area contributed by atoms with Gasteiger partial charge in [0.25, 0.3) is 0 Å². The zero-order chi connectivity index (χ0) is 17.9. The summed E-state index contributed by atoms with van der Waals surface area (Å²) in [5, 5.41) is 11.9. The minimum atomic E-state index is 0.211. The highest BCUT2D eigenvalue weighted by atomic mass is 16.7. The zero-order valence-electron chi connectivity index (χ0n) is 14.4. The molecule has 0 bridgehead atoms. The highest BCUT2D eigenvalue weighted by molar-refractivity contribution is 6.00. The first-order chi connectivity index (χ1) is 12.8. The third-order valence-corrected chi connectivity index (χ3v) is 4.32. The van der Waals surface area contributed by atoms with Crippen LogP contribution >= 0.6 is 0 Å². The lowest BCUT2D eigenvalue weighted by Gasteiger charge is -2.11. The first-order valence-corrected chi connectivity index (χ1v) is 8.46. The molecule has 0 aliphatic carbocycles. The lowest BCUT2D eigenvalue weighted by Crippen LogP contribution is -1.95. The number of allylic oxidation sites excluding steroid dienone is 1. The van der Waals surface area contributed by atoms with Crippen LogP contribution in [-0.4, -0.2) is 13.4 Å². The average Bonchev–Trinajstić information content (AvgIpc) is 3.15. The van der Waals surface area contributed by atoms with Crippen molar-refractivity contribution in [2.45, 2.75) is 6.92 Å². The SMILES string of the molecule is CCOc1ccc2ccccc2c1/C=C(\C#N)c1ccc2c(c1)OCO2. The Kier molecular flexibility index (Phi) is 4.20. The van der Waals surface area contributed by atoms with Gasteiger partial charge >= 0.3 is 0 Å². The lowest BCUT2D eigenvalue weighted by molar-refractivity contribution is 0.174. The van der Waals surface area contributed by atoms with Gasteiger partial charge in [0.2, 0.25) is 6.79 Å². The molecule has 128 valence electrons. The first-order valence-electron chi connectivity index (χ1n) is 8.46. The van der Waals surface area contributed by atoms with Crippen molar-refractivity contribution in [3.05, 3.63) is 65.7 Å². The molecule has 4 heteroatoms. The van der Waals surface area contributed by atoms with E-state index in [1.54, 1.807) is 0 Å². The van der Waals surface area contributed by atoms with E-state index in [0.29, 0.717) is 23.7 Å². The van der Waals surface area contributed by atoms with Gasteiger partial charge in [-0.05, 0) is 53.6 Å². The maximum absolute atomic E-state index is 9.75. The minimum Gasteiger partial charge on any atom is -0.493 e. The Balaban J connectivity index is 1.88. The molecular formula is C22H17NO3. The number of ether oxygens (including phenoxy) is 3. The molecule has 0 radical (unpaired) electrons. The van der Waals surface area contributed by atoms with E-state index in [1.165, 1.54) is 0 Å². The van der Waals surface area contributed by atoms with Gasteiger partial charge in [0.15, 0.2) is 11.5 Å². The zero-order valence-corrected chi connectivity index (χ0v) is 14.4. The van der Waals surface area contributed by atoms with Crippen LogP contribution in [0.1, 0.15) is 18.1 Å². The Morgan fingerprint density at radius 1 is 1.12 bits per heavy atom. The van der Waals surface area contributed by atoms with Crippen molar-refractivity contribution in [2.24, 2.45) is 0 Å². The Labute approximate surface area is 151 Å². The van der Waals surface area contributed by atoms with E-state index in [4.69, 9.17) is 14.2 Å². The highest BCUT2D eigenvalue weighted by Crippen LogP contribution is 2.36. The molecule has 0 unspecified atom stereocenters. The molecule has 26 heavy (non-hydrogen) atoms. The van der Waals surface area contributed by atoms with E-state index in [1.807, 2.05) is 61.5 Å². The van der Waals surface area contributed by atoms with Gasteiger partial charge in [-0.3, -0.25) is 0 Å². The largest absolute Gasteiger partial charge is 0.493 e. The molecule has 0 saturated carbocycles. The maximum atomic E-state index is 9.75. The molecule has 1 aliphatic heterocycles. The molecule has 0 fully saturated rings. The molecule has 0 spiro atoms. The molecule has 1 aliphatic rings. The molecule has 1 heterocycles. The van der Waals surface area contributed by atoms with Crippen LogP contribution in [0.2, 0.25) is 0 Å². The first kappa shape index (κ1) is 16.0. The van der Waals surface area contributed by atoms with Gasteiger partial charge < -0.3 is 14.2 Å². The average molecular weight is 343 g/mol. The summed E-state index contributed by atoms with van der Waals surface area (Å²) in [5.41, 5.74) is 2.23. The van der Waals surface area contributed by atoms with Crippen molar-refractivity contribution >= 4 is 22.4 Å². The van der Waals surface area contributed by atoms with Crippen LogP contribution in [0.25, 0.3) is 22.4 Å². The third-order valence-electron chi connectivity index (χ3n) is 4.32. The molecule has 3 aromatic rings. The molecule has 0 amide bonds. The van der Waals surface area contributed by atoms with E-state index in [-0.39, 0.29) is 6.79 Å². The van der Waals surface area contributed by atoms with Crippen molar-refractivity contribution in [3.8, 4) is 23.3 Å². The predicted octanol–water partition coefficient (Wildman–Crippen LogP) is 5.03. The number of nitriles is 1. The topological polar surface area (TPSA) is 51.5 Å². The highest BCUT2D eigenvalue weighted by Gasteiger charge is 2.15. The fourth-order valence-corrected chi connectivity index (χ4v) is 3.09. The molecule has 0 N–H and O–H groups in total. The summed E-state index contributed by atoms with van der Waals surface area (Å²) in [4.78, 5) is 0. The van der Waals surface area contributed by atoms with Gasteiger partial charge in [-0.15, -0.1) is 0 Å². The maximum Gasteiger partial charge on any atom is 0.231 e. The number of fused-ring (bicyclic) bond motifs is 2. The smallest absolute Gasteiger partial charge is 0.231 e. The van der Waals surface area contributed by atoms with Gasteiger partial charge in [-0.25, -0.2) is 0 Å². The van der Waals surface area contributed by atoms with E-state index < -0.39 is 0 Å². The van der Waals surface area contributed by atoms with Crippen LogP contribution in [0.5, 0.6) is 17.2 Å². The minimum absolute atomic E-state index is 0.211. The Morgan fingerprint density at radius 3 is 2.81 bits per heavy atom. The molecule has 4 rings (SSSR count). The molecule has 0 saturated heterocycles. The lowest BCUT2D eigenvalue weighted by atomic mass is 9.98. The molecule has 0 aromatic heterocycles. The normalized spacial score (nSPS) is 12.8. The van der Waals surface area contributed by atoms with Crippen LogP contribution < -0.4 is 14.2 Å². The third kappa shape index (κ3) is 2.84. The number of hydrogen-bond acceptors (Lipinski definition) is 4. The van der Waals surface area contributed by atoms with Crippen LogP contribution in [0.15, 0.2) is 54.6 Å². The summed E-state index contributed by atoms with van der Waals surface area (Å²) in [5.74, 6) is 2.12. The van der Waals surface area contributed by atoms with Crippen LogP contribution in [0, 0.1) is 11.3 Å². The fraction of sp³-hybridized carbons (Fsp3) is 0.136. The van der Waals surface area contributed by atoms with Crippen molar-refractivity contribution in [3.63, 3.8) is 0 Å². The van der Waals surface area contributed by atoms with E-state index >= 15 is 0 Å². The second-order valence-corrected chi connectivity index (χ2v) is 5.87. The van der Waals surface area contributed by atoms with Gasteiger partial charge in [0.1, 0.15) is 5.75 Å². The second kappa shape index (κ2) is 6.81. The Hall–Kier alpha value is -3.45. The number of benzene rings is 3. The monoisotopic (exact) mass is 343 g/mol. The van der Waals surface area contributed by atoms with E-state index in [2.05, 4.69) is 12.1 Å². The van der Waals surface area contributed by atoms with Crippen molar-refractivity contribution in [2.75, 3.05) is 13.4 Å². The van der Waals surface area contributed by atoms with Gasteiger partial charge in [-0.1, -0.05) is 30.3 Å². The molecule has 3 aromatic carbocycles. The molecular weight excluding hydrogens is 326 g/mol. The van der Waals surface area contributed by atoms with Crippen molar-refractivity contribution in [1.29, 1.82) is 5.26 Å². The summed E-state index contributed by atoms with van der Waals surface area (Å²) in [7, 11) is 0. The Morgan fingerprint density at radius 2 is 1.96 bits per heavy atom. The fourth-order valence-electron chi connectivity index (χ4n) is 3.09. The van der Waals surface area contributed by atoms with E-state index in [0.717, 1.165) is 27.6 Å². The molecule has 4 nitrogen and oxygen atoms in total. The second-order valence-electron chi connectivity index (χ2n) is 5.87. The van der Waals surface area contributed by atoms with Crippen molar-refractivity contribution in [1.82, 2.24) is 0 Å².